The Bertz CT molecular complexity index is 391. The van der Waals surface area contributed by atoms with Gasteiger partial charge < -0.3 is 5.11 Å². The molecule has 61 valence electrons. The molecule has 0 amide bonds. The van der Waals surface area contributed by atoms with Crippen LogP contribution in [0.25, 0.3) is 0 Å². The molecule has 0 fully saturated rings. The summed E-state index contributed by atoms with van der Waals surface area (Å²) in [5.41, 5.74) is 0.790. The van der Waals surface area contributed by atoms with E-state index in [2.05, 4.69) is 23.7 Å². The molecule has 1 aromatic carbocycles. The van der Waals surface area contributed by atoms with E-state index >= 15 is 0 Å². The first-order valence-corrected chi connectivity index (χ1v) is 4.00. The van der Waals surface area contributed by atoms with Gasteiger partial charge in [0.25, 0.3) is 0 Å². The van der Waals surface area contributed by atoms with Crippen LogP contribution in [0.1, 0.15) is 5.56 Å². The number of rotatable bonds is 2. The molecular weight excluding hydrogens is 160 g/mol. The van der Waals surface area contributed by atoms with Crippen molar-refractivity contribution in [3.63, 3.8) is 0 Å². The maximum absolute atomic E-state index is 9.73. The van der Waals surface area contributed by atoms with Crippen LogP contribution in [0.15, 0.2) is 30.3 Å². The molecule has 0 heterocycles. The first kappa shape index (κ1) is 7.92. The van der Waals surface area contributed by atoms with Crippen molar-refractivity contribution in [2.45, 2.75) is 0 Å². The Kier molecular flexibility index (Phi) is 2.04. The minimum absolute atomic E-state index is 0.248. The SMILES string of the molecule is O[C](c1ccccc1)C1C#CC#C1. The smallest absolute Gasteiger partial charge is 0.149 e. The van der Waals surface area contributed by atoms with Crippen molar-refractivity contribution in [2.75, 3.05) is 0 Å². The van der Waals surface area contributed by atoms with Crippen molar-refractivity contribution >= 4 is 0 Å². The summed E-state index contributed by atoms with van der Waals surface area (Å²) in [7, 11) is 0. The molecular formula is C12H7O. The van der Waals surface area contributed by atoms with Gasteiger partial charge in [-0.15, -0.1) is 0 Å². The molecule has 13 heavy (non-hydrogen) atoms. The van der Waals surface area contributed by atoms with Crippen LogP contribution in [0.2, 0.25) is 0 Å². The van der Waals surface area contributed by atoms with E-state index in [9.17, 15) is 5.11 Å². The summed E-state index contributed by atoms with van der Waals surface area (Å²) >= 11 is 0. The molecule has 2 rings (SSSR count). The van der Waals surface area contributed by atoms with Gasteiger partial charge in [0.05, 0.1) is 0 Å². The molecule has 0 saturated heterocycles. The summed E-state index contributed by atoms with van der Waals surface area (Å²) in [5, 5.41) is 9.73. The Labute approximate surface area is 77.4 Å². The van der Waals surface area contributed by atoms with E-state index in [1.807, 2.05) is 30.3 Å². The summed E-state index contributed by atoms with van der Waals surface area (Å²) < 4.78 is 0. The van der Waals surface area contributed by atoms with Crippen LogP contribution in [0.5, 0.6) is 0 Å². The molecule has 1 nitrogen and oxygen atoms in total. The monoisotopic (exact) mass is 167 g/mol. The topological polar surface area (TPSA) is 20.2 Å². The first-order chi connectivity index (χ1) is 6.38. The summed E-state index contributed by atoms with van der Waals surface area (Å²) in [4.78, 5) is 0. The van der Waals surface area contributed by atoms with E-state index in [-0.39, 0.29) is 12.0 Å². The highest BCUT2D eigenvalue weighted by molar-refractivity contribution is 5.45. The highest BCUT2D eigenvalue weighted by atomic mass is 16.3. The summed E-state index contributed by atoms with van der Waals surface area (Å²) in [6, 6.07) is 9.35. The van der Waals surface area contributed by atoms with Crippen molar-refractivity contribution in [1.29, 1.82) is 0 Å². The molecule has 1 N–H and O–H groups in total. The van der Waals surface area contributed by atoms with E-state index < -0.39 is 0 Å². The normalized spacial score (nSPS) is 13.4. The lowest BCUT2D eigenvalue weighted by Gasteiger charge is -2.10. The first-order valence-electron chi connectivity index (χ1n) is 4.00. The largest absolute Gasteiger partial charge is 0.379 e. The van der Waals surface area contributed by atoms with Crippen LogP contribution in [0, 0.1) is 35.7 Å². The zero-order chi connectivity index (χ0) is 9.10. The van der Waals surface area contributed by atoms with Crippen LogP contribution in [-0.2, 0) is 0 Å². The Morgan fingerprint density at radius 2 is 1.69 bits per heavy atom. The van der Waals surface area contributed by atoms with Crippen molar-refractivity contribution < 1.29 is 5.11 Å². The third-order valence-electron chi connectivity index (χ3n) is 1.84. The molecule has 0 saturated carbocycles. The van der Waals surface area contributed by atoms with E-state index in [0.717, 1.165) is 5.56 Å². The van der Waals surface area contributed by atoms with Crippen LogP contribution >= 0.6 is 0 Å². The summed E-state index contributed by atoms with van der Waals surface area (Å²) in [6.07, 6.45) is 0.248. The van der Waals surface area contributed by atoms with Gasteiger partial charge in [0.1, 0.15) is 12.0 Å². The summed E-state index contributed by atoms with van der Waals surface area (Å²) in [6.45, 7) is 0. The summed E-state index contributed by atoms with van der Waals surface area (Å²) in [5.74, 6) is 10.5. The third kappa shape index (κ3) is 1.56. The average Bonchev–Trinajstić information content (AvgIpc) is 2.71. The van der Waals surface area contributed by atoms with Gasteiger partial charge in [-0.1, -0.05) is 42.2 Å². The van der Waals surface area contributed by atoms with Gasteiger partial charge in [-0.3, -0.25) is 0 Å². The molecule has 1 heteroatoms. The molecule has 1 aliphatic carbocycles. The third-order valence-corrected chi connectivity index (χ3v) is 1.84. The highest BCUT2D eigenvalue weighted by Crippen LogP contribution is 2.20. The van der Waals surface area contributed by atoms with Gasteiger partial charge in [-0.2, -0.15) is 0 Å². The highest BCUT2D eigenvalue weighted by Gasteiger charge is 2.19. The predicted molar refractivity (Wildman–Crippen MR) is 49.8 cm³/mol. The molecule has 1 aromatic rings. The fourth-order valence-corrected chi connectivity index (χ4v) is 1.16. The van der Waals surface area contributed by atoms with Gasteiger partial charge in [0.15, 0.2) is 0 Å². The minimum atomic E-state index is -0.303. The van der Waals surface area contributed by atoms with Crippen LogP contribution in [0.3, 0.4) is 0 Å². The van der Waals surface area contributed by atoms with Crippen LogP contribution < -0.4 is 0 Å². The Hall–Kier alpha value is -1.70. The second-order valence-corrected chi connectivity index (χ2v) is 2.72. The molecule has 0 unspecified atom stereocenters. The fraction of sp³-hybridized carbons (Fsp3) is 0.0833. The predicted octanol–water partition coefficient (Wildman–Crippen LogP) is 1.58. The Morgan fingerprint density at radius 3 is 2.31 bits per heavy atom. The maximum Gasteiger partial charge on any atom is 0.149 e. The van der Waals surface area contributed by atoms with Gasteiger partial charge in [-0.25, -0.2) is 0 Å². The quantitative estimate of drug-likeness (QED) is 0.663. The molecule has 1 radical (unpaired) electrons. The Morgan fingerprint density at radius 1 is 1.08 bits per heavy atom. The standard InChI is InChI=1S/C12H7O/c13-12(11-8-4-5-9-11)10-6-2-1-3-7-10/h1-3,6-7,11,13H. The molecule has 0 aromatic heterocycles. The lowest BCUT2D eigenvalue weighted by molar-refractivity contribution is 0.306. The van der Waals surface area contributed by atoms with Crippen molar-refractivity contribution in [3.8, 4) is 23.7 Å². The number of hydrogen-bond acceptors (Lipinski definition) is 1. The van der Waals surface area contributed by atoms with E-state index in [4.69, 9.17) is 0 Å². The lowest BCUT2D eigenvalue weighted by atomic mass is 9.98. The molecule has 0 spiro atoms. The lowest BCUT2D eigenvalue weighted by Crippen LogP contribution is -2.08. The van der Waals surface area contributed by atoms with E-state index in [1.165, 1.54) is 0 Å². The minimum Gasteiger partial charge on any atom is -0.379 e. The number of aliphatic hydroxyl groups is 1. The number of benzene rings is 1. The Balaban J connectivity index is 2.21. The molecule has 0 atom stereocenters. The van der Waals surface area contributed by atoms with Gasteiger partial charge >= 0.3 is 0 Å². The van der Waals surface area contributed by atoms with Gasteiger partial charge in [-0.05, 0) is 17.4 Å². The van der Waals surface area contributed by atoms with Gasteiger partial charge in [0.2, 0.25) is 0 Å². The van der Waals surface area contributed by atoms with Crippen molar-refractivity contribution in [1.82, 2.24) is 0 Å². The zero-order valence-corrected chi connectivity index (χ0v) is 6.91. The average molecular weight is 167 g/mol. The van der Waals surface area contributed by atoms with Crippen molar-refractivity contribution in [2.24, 2.45) is 5.92 Å². The molecule has 0 aliphatic heterocycles. The van der Waals surface area contributed by atoms with E-state index in [0.29, 0.717) is 0 Å². The zero-order valence-electron chi connectivity index (χ0n) is 6.91. The second-order valence-electron chi connectivity index (χ2n) is 2.72. The van der Waals surface area contributed by atoms with Crippen LogP contribution in [0.4, 0.5) is 0 Å². The van der Waals surface area contributed by atoms with Crippen LogP contribution in [-0.4, -0.2) is 5.11 Å². The number of aliphatic hydroxyl groups excluding tert-OH is 1. The molecule has 1 aliphatic rings. The number of hydrogen-bond donors (Lipinski definition) is 1. The van der Waals surface area contributed by atoms with Gasteiger partial charge in [0, 0.05) is 0 Å². The second kappa shape index (κ2) is 3.35. The molecule has 0 bridgehead atoms. The maximum atomic E-state index is 9.73. The fourth-order valence-electron chi connectivity index (χ4n) is 1.16. The van der Waals surface area contributed by atoms with Crippen molar-refractivity contribution in [3.05, 3.63) is 42.0 Å². The van der Waals surface area contributed by atoms with E-state index in [1.54, 1.807) is 0 Å².